The van der Waals surface area contributed by atoms with Crippen molar-refractivity contribution < 1.29 is 40.3 Å². The molecule has 0 saturated carbocycles. The smallest absolute Gasteiger partial charge is 0.290 e. The molecule has 0 bridgehead atoms. The van der Waals surface area contributed by atoms with Gasteiger partial charge < -0.3 is 0 Å². The Hall–Kier alpha value is -1.67. The Kier molecular flexibility index (Phi) is 3.14. The Labute approximate surface area is 94.8 Å². The highest BCUT2D eigenvalue weighted by Gasteiger charge is 2.74. The first kappa shape index (κ1) is 14.4. The summed E-state index contributed by atoms with van der Waals surface area (Å²) in [5, 5.41) is 0. The van der Waals surface area contributed by atoms with Crippen molar-refractivity contribution in [2.75, 3.05) is 0 Å². The minimum absolute atomic E-state index is 0.206. The summed E-state index contributed by atoms with van der Waals surface area (Å²) in [5.74, 6) is -15.3. The molecule has 9 heteroatoms. The lowest BCUT2D eigenvalue weighted by atomic mass is 9.93. The summed E-state index contributed by atoms with van der Waals surface area (Å²) in [4.78, 5) is 21.5. The van der Waals surface area contributed by atoms with E-state index < -0.39 is 35.2 Å². The van der Waals surface area contributed by atoms with Crippen molar-refractivity contribution in [3.05, 3.63) is 23.8 Å². The number of halogens is 7. The molecule has 0 aromatic rings. The van der Waals surface area contributed by atoms with Crippen LogP contribution in [-0.4, -0.2) is 29.6 Å². The normalized spacial score (nSPS) is 18.1. The fourth-order valence-electron chi connectivity index (χ4n) is 1.10. The molecule has 0 aromatic heterocycles. The molecule has 0 spiro atoms. The predicted octanol–water partition coefficient (Wildman–Crippen LogP) is 2.45. The molecule has 0 unspecified atom stereocenters. The van der Waals surface area contributed by atoms with E-state index in [1.54, 1.807) is 0 Å². The first-order valence-corrected chi connectivity index (χ1v) is 4.22. The quantitative estimate of drug-likeness (QED) is 0.573. The van der Waals surface area contributed by atoms with Crippen molar-refractivity contribution in [2.24, 2.45) is 0 Å². The molecule has 18 heavy (non-hydrogen) atoms. The molecule has 0 atom stereocenters. The molecular formula is C9H3F7O2. The molecule has 1 rings (SSSR count). The molecule has 0 fully saturated rings. The van der Waals surface area contributed by atoms with Gasteiger partial charge in [0.15, 0.2) is 11.6 Å². The van der Waals surface area contributed by atoms with Crippen molar-refractivity contribution in [3.8, 4) is 0 Å². The topological polar surface area (TPSA) is 34.1 Å². The van der Waals surface area contributed by atoms with Gasteiger partial charge in [0.25, 0.3) is 0 Å². The molecule has 0 radical (unpaired) electrons. The van der Waals surface area contributed by atoms with Crippen molar-refractivity contribution in [1.29, 1.82) is 0 Å². The predicted molar refractivity (Wildman–Crippen MR) is 43.2 cm³/mol. The second-order valence-corrected chi connectivity index (χ2v) is 3.30. The van der Waals surface area contributed by atoms with Gasteiger partial charge in [-0.2, -0.15) is 30.7 Å². The molecule has 2 nitrogen and oxygen atoms in total. The molecular weight excluding hydrogens is 273 g/mol. The van der Waals surface area contributed by atoms with E-state index in [-0.39, 0.29) is 12.2 Å². The van der Waals surface area contributed by atoms with Gasteiger partial charge in [-0.05, 0) is 18.2 Å². The molecule has 100 valence electrons. The highest BCUT2D eigenvalue weighted by atomic mass is 19.4. The number of carbonyl (C=O) groups is 2. The van der Waals surface area contributed by atoms with E-state index in [1.807, 2.05) is 0 Å². The maximum absolute atomic E-state index is 13.1. The molecule has 0 N–H and O–H groups in total. The Morgan fingerprint density at radius 3 is 1.78 bits per heavy atom. The standard InChI is InChI=1S/C9H3F7O2/c10-7(11,8(12,13)9(14,15)16)5-3-4(17)1-2-6(5)18/h1-3H. The summed E-state index contributed by atoms with van der Waals surface area (Å²) in [5.41, 5.74) is -2.18. The van der Waals surface area contributed by atoms with Gasteiger partial charge in [0.05, 0.1) is 5.57 Å². The van der Waals surface area contributed by atoms with E-state index in [9.17, 15) is 40.3 Å². The van der Waals surface area contributed by atoms with Crippen LogP contribution in [0.25, 0.3) is 0 Å². The van der Waals surface area contributed by atoms with Crippen LogP contribution >= 0.6 is 0 Å². The molecule has 1 aliphatic carbocycles. The maximum atomic E-state index is 13.1. The Morgan fingerprint density at radius 2 is 1.33 bits per heavy atom. The van der Waals surface area contributed by atoms with Crippen LogP contribution in [-0.2, 0) is 9.59 Å². The van der Waals surface area contributed by atoms with Crippen LogP contribution in [0.15, 0.2) is 23.8 Å². The van der Waals surface area contributed by atoms with Crippen LogP contribution in [0, 0.1) is 0 Å². The van der Waals surface area contributed by atoms with Crippen molar-refractivity contribution in [2.45, 2.75) is 18.0 Å². The Balaban J connectivity index is 3.31. The monoisotopic (exact) mass is 276 g/mol. The van der Waals surface area contributed by atoms with Crippen molar-refractivity contribution >= 4 is 11.6 Å². The van der Waals surface area contributed by atoms with Gasteiger partial charge in [-0.25, -0.2) is 0 Å². The van der Waals surface area contributed by atoms with Crippen LogP contribution in [0.4, 0.5) is 30.7 Å². The lowest BCUT2D eigenvalue weighted by Crippen LogP contribution is -2.54. The fraction of sp³-hybridized carbons (Fsp3) is 0.333. The van der Waals surface area contributed by atoms with E-state index in [1.165, 1.54) is 0 Å². The van der Waals surface area contributed by atoms with E-state index in [2.05, 4.69) is 0 Å². The van der Waals surface area contributed by atoms with Crippen LogP contribution in [0.5, 0.6) is 0 Å². The summed E-state index contributed by atoms with van der Waals surface area (Å²) in [7, 11) is 0. The zero-order valence-electron chi connectivity index (χ0n) is 8.19. The van der Waals surface area contributed by atoms with E-state index in [4.69, 9.17) is 0 Å². The number of hydrogen-bond donors (Lipinski definition) is 0. The van der Waals surface area contributed by atoms with Gasteiger partial charge in [0, 0.05) is 0 Å². The summed E-state index contributed by atoms with van der Waals surface area (Å²) >= 11 is 0. The number of carbonyl (C=O) groups excluding carboxylic acids is 2. The van der Waals surface area contributed by atoms with Crippen molar-refractivity contribution in [3.63, 3.8) is 0 Å². The third kappa shape index (κ3) is 2.04. The van der Waals surface area contributed by atoms with Gasteiger partial charge in [0.2, 0.25) is 0 Å². The summed E-state index contributed by atoms with van der Waals surface area (Å²) in [6.45, 7) is 0. The minimum atomic E-state index is -6.55. The average molecular weight is 276 g/mol. The lowest BCUT2D eigenvalue weighted by molar-refractivity contribution is -0.343. The molecule has 0 amide bonds. The third-order valence-electron chi connectivity index (χ3n) is 2.04. The van der Waals surface area contributed by atoms with Crippen LogP contribution < -0.4 is 0 Å². The fourth-order valence-corrected chi connectivity index (χ4v) is 1.10. The van der Waals surface area contributed by atoms with E-state index in [0.717, 1.165) is 0 Å². The molecule has 0 saturated heterocycles. The molecule has 0 heterocycles. The zero-order valence-corrected chi connectivity index (χ0v) is 8.19. The van der Waals surface area contributed by atoms with Gasteiger partial charge in [-0.15, -0.1) is 0 Å². The lowest BCUT2D eigenvalue weighted by Gasteiger charge is -2.29. The molecule has 1 aliphatic rings. The van der Waals surface area contributed by atoms with Crippen molar-refractivity contribution in [1.82, 2.24) is 0 Å². The number of hydrogen-bond acceptors (Lipinski definition) is 2. The highest BCUT2D eigenvalue weighted by Crippen LogP contribution is 2.50. The summed E-state index contributed by atoms with van der Waals surface area (Å²) in [6, 6.07) is 0. The van der Waals surface area contributed by atoms with E-state index in [0.29, 0.717) is 6.08 Å². The van der Waals surface area contributed by atoms with Crippen LogP contribution in [0.2, 0.25) is 0 Å². The Morgan fingerprint density at radius 1 is 0.833 bits per heavy atom. The SMILES string of the molecule is O=C1C=CC(=O)C(C(F)(F)C(F)(F)C(F)(F)F)=C1. The summed E-state index contributed by atoms with van der Waals surface area (Å²) in [6.07, 6.45) is -6.10. The van der Waals surface area contributed by atoms with Crippen LogP contribution in [0.3, 0.4) is 0 Å². The minimum Gasteiger partial charge on any atom is -0.290 e. The van der Waals surface area contributed by atoms with Crippen LogP contribution in [0.1, 0.15) is 0 Å². The molecule has 0 aliphatic heterocycles. The number of ketones is 2. The van der Waals surface area contributed by atoms with Gasteiger partial charge in [-0.3, -0.25) is 9.59 Å². The first-order valence-electron chi connectivity index (χ1n) is 4.22. The highest BCUT2D eigenvalue weighted by molar-refractivity contribution is 6.18. The van der Waals surface area contributed by atoms with Gasteiger partial charge >= 0.3 is 18.0 Å². The Bertz CT molecular complexity index is 456. The molecule has 0 aromatic carbocycles. The zero-order chi connectivity index (χ0) is 14.4. The third-order valence-corrected chi connectivity index (χ3v) is 2.04. The second kappa shape index (κ2) is 3.92. The maximum Gasteiger partial charge on any atom is 0.460 e. The first-order chi connectivity index (χ1) is 7.91. The van der Waals surface area contributed by atoms with E-state index >= 15 is 0 Å². The summed E-state index contributed by atoms with van der Waals surface area (Å²) < 4.78 is 86.8. The number of rotatable bonds is 2. The number of allylic oxidation sites excluding steroid dienone is 4. The largest absolute Gasteiger partial charge is 0.460 e. The van der Waals surface area contributed by atoms with Gasteiger partial charge in [0.1, 0.15) is 0 Å². The second-order valence-electron chi connectivity index (χ2n) is 3.30. The average Bonchev–Trinajstić information content (AvgIpc) is 2.19. The van der Waals surface area contributed by atoms with Gasteiger partial charge in [-0.1, -0.05) is 0 Å². The number of alkyl halides is 7.